The highest BCUT2D eigenvalue weighted by Crippen LogP contribution is 2.43. The number of hydrogen-bond donors (Lipinski definition) is 3. The lowest BCUT2D eigenvalue weighted by Crippen LogP contribution is -2.51. The Hall–Kier alpha value is -3.24. The van der Waals surface area contributed by atoms with Crippen molar-refractivity contribution in [2.24, 2.45) is 4.99 Å². The third-order valence-corrected chi connectivity index (χ3v) is 6.73. The summed E-state index contributed by atoms with van der Waals surface area (Å²) < 4.78 is 32.7. The second-order valence-corrected chi connectivity index (χ2v) is 9.12. The Labute approximate surface area is 200 Å². The molecule has 4 heterocycles. The number of hydrogen-bond acceptors (Lipinski definition) is 8. The van der Waals surface area contributed by atoms with E-state index in [-0.39, 0.29) is 25.9 Å². The zero-order valence-electron chi connectivity index (χ0n) is 18.4. The van der Waals surface area contributed by atoms with Gasteiger partial charge in [-0.3, -0.25) is 4.90 Å². The number of piperidine rings is 1. The molecule has 178 valence electrons. The first kappa shape index (κ1) is 21.3. The normalized spacial score (nSPS) is 24.5. The maximum Gasteiger partial charge on any atom is 0.351 e. The summed E-state index contributed by atoms with van der Waals surface area (Å²) in [6.07, 6.45) is 1.40. The molecular formula is C23H23ClF2N6O2. The second-order valence-electron chi connectivity index (χ2n) is 8.72. The molecule has 34 heavy (non-hydrogen) atoms. The molecule has 1 unspecified atom stereocenters. The number of allylic oxidation sites excluding steroid dienone is 1. The molecule has 0 saturated carbocycles. The maximum atomic E-state index is 13.6. The number of halogens is 3. The van der Waals surface area contributed by atoms with Gasteiger partial charge < -0.3 is 20.3 Å². The van der Waals surface area contributed by atoms with Crippen molar-refractivity contribution in [2.75, 3.05) is 40.3 Å². The number of anilines is 4. The highest BCUT2D eigenvalue weighted by atomic mass is 35.5. The number of nitrogens with one attached hydrogen (secondary N) is 3. The Balaban J connectivity index is 1.29. The third-order valence-electron chi connectivity index (χ3n) is 6.43. The molecule has 2 saturated heterocycles. The summed E-state index contributed by atoms with van der Waals surface area (Å²) in [5.74, 6) is -2.34. The lowest BCUT2D eigenvalue weighted by Gasteiger charge is -2.36. The first-order chi connectivity index (χ1) is 16.3. The van der Waals surface area contributed by atoms with E-state index >= 15 is 0 Å². The van der Waals surface area contributed by atoms with E-state index < -0.39 is 11.9 Å². The van der Waals surface area contributed by atoms with Crippen LogP contribution in [0.5, 0.6) is 5.75 Å². The van der Waals surface area contributed by atoms with Gasteiger partial charge in [0.05, 0.1) is 22.1 Å². The zero-order valence-corrected chi connectivity index (χ0v) is 19.1. The standard InChI is InChI=1S/C23H23ClF2N6O2/c1-14-12-28-23(32(21(14)30-34-23)16-3-5-20-18(11-16)27-13-33-20)29-15-2-4-19(17(24)10-15)31-8-6-22(25,26)7-9-31/h2-5,10-12,27,29-30H,6-9,13H2,1H3. The SMILES string of the molecule is CC1=C2NOC(Nc3ccc(N4CCC(F)(F)CC4)c(Cl)c3)(N=C1)N2c1ccc2c(c1)NCO2. The van der Waals surface area contributed by atoms with E-state index in [9.17, 15) is 8.78 Å². The van der Waals surface area contributed by atoms with Crippen molar-refractivity contribution in [3.8, 4) is 5.75 Å². The Bertz CT molecular complexity index is 1210. The highest BCUT2D eigenvalue weighted by molar-refractivity contribution is 6.33. The molecule has 2 bridgehead atoms. The van der Waals surface area contributed by atoms with Gasteiger partial charge in [-0.25, -0.2) is 24.1 Å². The summed E-state index contributed by atoms with van der Waals surface area (Å²) in [5, 5.41) is 7.01. The minimum absolute atomic E-state index is 0.176. The average molecular weight is 489 g/mol. The lowest BCUT2D eigenvalue weighted by molar-refractivity contribution is -0.0222. The number of aliphatic imine (C=N–C) groups is 1. The summed E-state index contributed by atoms with van der Waals surface area (Å²) in [6, 6.07) is 11.3. The highest BCUT2D eigenvalue weighted by Gasteiger charge is 2.49. The van der Waals surface area contributed by atoms with E-state index in [0.29, 0.717) is 17.4 Å². The van der Waals surface area contributed by atoms with Crippen LogP contribution in [0.1, 0.15) is 19.8 Å². The third kappa shape index (κ3) is 3.48. The van der Waals surface area contributed by atoms with Crippen LogP contribution in [0.25, 0.3) is 0 Å². The smallest absolute Gasteiger partial charge is 0.351 e. The monoisotopic (exact) mass is 488 g/mol. The molecule has 6 rings (SSSR count). The zero-order chi connectivity index (χ0) is 23.5. The van der Waals surface area contributed by atoms with Gasteiger partial charge in [0.1, 0.15) is 11.6 Å². The van der Waals surface area contributed by atoms with Crippen molar-refractivity contribution in [1.29, 1.82) is 0 Å². The summed E-state index contributed by atoms with van der Waals surface area (Å²) >= 11 is 6.58. The Morgan fingerprint density at radius 2 is 1.97 bits per heavy atom. The molecule has 8 nitrogen and oxygen atoms in total. The molecule has 4 aliphatic rings. The number of fused-ring (bicyclic) bond motifs is 3. The number of alkyl halides is 2. The summed E-state index contributed by atoms with van der Waals surface area (Å²) in [5.41, 5.74) is 7.03. The molecule has 0 spiro atoms. The largest absolute Gasteiger partial charge is 0.471 e. The van der Waals surface area contributed by atoms with E-state index in [2.05, 4.69) is 21.1 Å². The average Bonchev–Trinajstić information content (AvgIpc) is 3.38. The van der Waals surface area contributed by atoms with Crippen LogP contribution in [0.15, 0.2) is 52.8 Å². The van der Waals surface area contributed by atoms with Crippen molar-refractivity contribution in [1.82, 2.24) is 5.48 Å². The fourth-order valence-corrected chi connectivity index (χ4v) is 4.88. The van der Waals surface area contributed by atoms with Crippen LogP contribution in [0.4, 0.5) is 31.5 Å². The van der Waals surface area contributed by atoms with Crippen LogP contribution < -0.4 is 30.7 Å². The predicted octanol–water partition coefficient (Wildman–Crippen LogP) is 4.72. The maximum absolute atomic E-state index is 13.6. The molecule has 2 aromatic rings. The number of ether oxygens (including phenoxy) is 1. The van der Waals surface area contributed by atoms with Crippen LogP contribution in [-0.2, 0) is 4.84 Å². The summed E-state index contributed by atoms with van der Waals surface area (Å²) in [7, 11) is 0. The fraction of sp³-hybridized carbons (Fsp3) is 0.348. The van der Waals surface area contributed by atoms with Gasteiger partial charge in [0.25, 0.3) is 5.92 Å². The van der Waals surface area contributed by atoms with Crippen molar-refractivity contribution in [3.05, 3.63) is 52.8 Å². The molecule has 0 amide bonds. The van der Waals surface area contributed by atoms with Crippen molar-refractivity contribution in [3.63, 3.8) is 0 Å². The molecule has 1 atom stereocenters. The first-order valence-corrected chi connectivity index (χ1v) is 11.4. The van der Waals surface area contributed by atoms with Gasteiger partial charge in [-0.05, 0) is 43.3 Å². The van der Waals surface area contributed by atoms with Gasteiger partial charge in [-0.1, -0.05) is 11.6 Å². The van der Waals surface area contributed by atoms with Crippen LogP contribution in [0.2, 0.25) is 5.02 Å². The first-order valence-electron chi connectivity index (χ1n) is 11.1. The van der Waals surface area contributed by atoms with Crippen LogP contribution in [0, 0.1) is 0 Å². The van der Waals surface area contributed by atoms with Gasteiger partial charge in [-0.15, -0.1) is 0 Å². The Morgan fingerprint density at radius 1 is 1.15 bits per heavy atom. The fourth-order valence-electron chi connectivity index (χ4n) is 4.58. The van der Waals surface area contributed by atoms with E-state index in [1.807, 2.05) is 47.1 Å². The molecule has 0 aliphatic carbocycles. The Morgan fingerprint density at radius 3 is 2.76 bits per heavy atom. The Kier molecular flexibility index (Phi) is 4.79. The van der Waals surface area contributed by atoms with Crippen LogP contribution in [-0.4, -0.2) is 37.9 Å². The summed E-state index contributed by atoms with van der Waals surface area (Å²) in [4.78, 5) is 14.4. The number of nitrogens with zero attached hydrogens (tertiary/aromatic N) is 3. The van der Waals surface area contributed by atoms with Crippen molar-refractivity contribution in [2.45, 2.75) is 31.7 Å². The van der Waals surface area contributed by atoms with Gasteiger partial charge in [0.15, 0.2) is 6.73 Å². The second kappa shape index (κ2) is 7.64. The molecule has 3 N–H and O–H groups in total. The van der Waals surface area contributed by atoms with Gasteiger partial charge in [-0.2, -0.15) is 0 Å². The molecular weight excluding hydrogens is 466 g/mol. The molecule has 4 aliphatic heterocycles. The van der Waals surface area contributed by atoms with Crippen LogP contribution in [0.3, 0.4) is 0 Å². The predicted molar refractivity (Wildman–Crippen MR) is 128 cm³/mol. The number of rotatable bonds is 4. The summed E-state index contributed by atoms with van der Waals surface area (Å²) in [6.45, 7) is 2.90. The lowest BCUT2D eigenvalue weighted by atomic mass is 10.1. The molecule has 2 aromatic carbocycles. The van der Waals surface area contributed by atoms with Gasteiger partial charge >= 0.3 is 5.97 Å². The van der Waals surface area contributed by atoms with E-state index in [0.717, 1.165) is 34.2 Å². The molecule has 0 aromatic heterocycles. The molecule has 2 fully saturated rings. The van der Waals surface area contributed by atoms with Crippen molar-refractivity contribution >= 4 is 40.6 Å². The van der Waals surface area contributed by atoms with Crippen LogP contribution >= 0.6 is 11.6 Å². The molecule has 11 heteroatoms. The number of benzene rings is 2. The van der Waals surface area contributed by atoms with Gasteiger partial charge in [0.2, 0.25) is 0 Å². The topological polar surface area (TPSA) is 73.4 Å². The van der Waals surface area contributed by atoms with E-state index in [1.165, 1.54) is 0 Å². The van der Waals surface area contributed by atoms with Crippen molar-refractivity contribution < 1.29 is 18.4 Å². The minimum atomic E-state index is -2.61. The minimum Gasteiger partial charge on any atom is -0.471 e. The number of hydroxylamine groups is 1. The van der Waals surface area contributed by atoms with Gasteiger partial charge in [0, 0.05) is 43.4 Å². The van der Waals surface area contributed by atoms with E-state index in [4.69, 9.17) is 21.2 Å². The van der Waals surface area contributed by atoms with E-state index in [1.54, 1.807) is 12.3 Å². The quantitative estimate of drug-likeness (QED) is 0.575. The molecule has 0 radical (unpaired) electrons.